The Bertz CT molecular complexity index is 741. The summed E-state index contributed by atoms with van der Waals surface area (Å²) in [5.74, 6) is -1.19. The van der Waals surface area contributed by atoms with E-state index in [1.807, 2.05) is 0 Å². The molecule has 0 radical (unpaired) electrons. The van der Waals surface area contributed by atoms with Crippen LogP contribution in [0.25, 0.3) is 0 Å². The summed E-state index contributed by atoms with van der Waals surface area (Å²) < 4.78 is 62.6. The van der Waals surface area contributed by atoms with E-state index in [2.05, 4.69) is 0 Å². The number of hydrogen-bond donors (Lipinski definition) is 0. The van der Waals surface area contributed by atoms with Gasteiger partial charge in [0.1, 0.15) is 0 Å². The number of amides is 1. The first-order valence-electron chi connectivity index (χ1n) is 7.83. The molecule has 0 N–H and O–H groups in total. The summed E-state index contributed by atoms with van der Waals surface area (Å²) in [6.45, 7) is -0.129. The first kappa shape index (κ1) is 17.3. The molecule has 1 amide bonds. The number of sulfone groups is 1. The van der Waals surface area contributed by atoms with Crippen LogP contribution in [-0.2, 0) is 27.4 Å². The highest BCUT2D eigenvalue weighted by atomic mass is 32.2. The van der Waals surface area contributed by atoms with Crippen LogP contribution in [-0.4, -0.2) is 36.8 Å². The SMILES string of the molecule is O=C(C1CCS(=O)(=O)C1)N(Cc1ccccc1C(F)(F)F)C1CC1. The first-order valence-corrected chi connectivity index (χ1v) is 9.65. The zero-order valence-electron chi connectivity index (χ0n) is 12.9. The number of carbonyl (C=O) groups is 1. The smallest absolute Gasteiger partial charge is 0.335 e. The average Bonchev–Trinajstić information content (AvgIpc) is 3.27. The van der Waals surface area contributed by atoms with Crippen LogP contribution in [0.4, 0.5) is 13.2 Å². The third-order valence-corrected chi connectivity index (χ3v) is 6.28. The molecule has 1 aliphatic heterocycles. The van der Waals surface area contributed by atoms with Crippen LogP contribution in [0.3, 0.4) is 0 Å². The molecule has 0 spiro atoms. The molecule has 1 atom stereocenters. The van der Waals surface area contributed by atoms with Gasteiger partial charge in [0.05, 0.1) is 23.0 Å². The lowest BCUT2D eigenvalue weighted by molar-refractivity contribution is -0.141. The van der Waals surface area contributed by atoms with Crippen molar-refractivity contribution in [3.8, 4) is 0 Å². The Morgan fingerprint density at radius 1 is 1.17 bits per heavy atom. The van der Waals surface area contributed by atoms with Crippen LogP contribution in [0.1, 0.15) is 30.4 Å². The number of carbonyl (C=O) groups excluding carboxylic acids is 1. The van der Waals surface area contributed by atoms with Gasteiger partial charge in [0.2, 0.25) is 5.91 Å². The van der Waals surface area contributed by atoms with Gasteiger partial charge in [0.25, 0.3) is 0 Å². The van der Waals surface area contributed by atoms with Crippen LogP contribution < -0.4 is 0 Å². The van der Waals surface area contributed by atoms with Gasteiger partial charge in [-0.3, -0.25) is 4.79 Å². The number of hydrogen-bond acceptors (Lipinski definition) is 3. The van der Waals surface area contributed by atoms with E-state index < -0.39 is 27.5 Å². The Balaban J connectivity index is 1.82. The quantitative estimate of drug-likeness (QED) is 0.828. The summed E-state index contributed by atoms with van der Waals surface area (Å²) in [6, 6.07) is 5.13. The zero-order valence-corrected chi connectivity index (χ0v) is 13.7. The molecule has 2 fully saturated rings. The fraction of sp³-hybridized carbons (Fsp3) is 0.562. The summed E-state index contributed by atoms with van der Waals surface area (Å²) in [7, 11) is -3.21. The zero-order chi connectivity index (χ0) is 17.5. The normalized spacial score (nSPS) is 23.2. The summed E-state index contributed by atoms with van der Waals surface area (Å²) in [5.41, 5.74) is -0.700. The van der Waals surface area contributed by atoms with E-state index in [1.54, 1.807) is 0 Å². The number of nitrogens with zero attached hydrogens (tertiary/aromatic N) is 1. The Morgan fingerprint density at radius 2 is 1.83 bits per heavy atom. The molecule has 1 saturated heterocycles. The predicted octanol–water partition coefficient (Wildman–Crippen LogP) is 2.63. The van der Waals surface area contributed by atoms with Crippen LogP contribution in [0, 0.1) is 5.92 Å². The summed E-state index contributed by atoms with van der Waals surface area (Å²) in [4.78, 5) is 14.1. The molecule has 3 rings (SSSR count). The largest absolute Gasteiger partial charge is 0.416 e. The minimum Gasteiger partial charge on any atom is -0.335 e. The second-order valence-electron chi connectivity index (χ2n) is 6.45. The van der Waals surface area contributed by atoms with Gasteiger partial charge in [-0.15, -0.1) is 0 Å². The number of rotatable bonds is 4. The molecule has 8 heteroatoms. The van der Waals surface area contributed by atoms with Crippen molar-refractivity contribution >= 4 is 15.7 Å². The molecule has 2 aliphatic rings. The fourth-order valence-electron chi connectivity index (χ4n) is 3.12. The maximum absolute atomic E-state index is 13.1. The van der Waals surface area contributed by atoms with Gasteiger partial charge >= 0.3 is 6.18 Å². The van der Waals surface area contributed by atoms with Gasteiger partial charge in [0.15, 0.2) is 9.84 Å². The molecule has 1 aromatic carbocycles. The highest BCUT2D eigenvalue weighted by molar-refractivity contribution is 7.91. The average molecular weight is 361 g/mol. The van der Waals surface area contributed by atoms with Crippen molar-refractivity contribution in [2.75, 3.05) is 11.5 Å². The molecule has 1 unspecified atom stereocenters. The minimum absolute atomic E-state index is 0.0267. The van der Waals surface area contributed by atoms with Crippen LogP contribution in [0.5, 0.6) is 0 Å². The second kappa shape index (κ2) is 6.06. The topological polar surface area (TPSA) is 54.5 Å². The van der Waals surface area contributed by atoms with Crippen LogP contribution >= 0.6 is 0 Å². The van der Waals surface area contributed by atoms with E-state index in [4.69, 9.17) is 0 Å². The Morgan fingerprint density at radius 3 is 2.38 bits per heavy atom. The van der Waals surface area contributed by atoms with E-state index in [0.29, 0.717) is 0 Å². The Hall–Kier alpha value is -1.57. The predicted molar refractivity (Wildman–Crippen MR) is 81.8 cm³/mol. The third-order valence-electron chi connectivity index (χ3n) is 4.52. The Kier molecular flexibility index (Phi) is 4.36. The lowest BCUT2D eigenvalue weighted by Gasteiger charge is -2.26. The maximum Gasteiger partial charge on any atom is 0.416 e. The van der Waals surface area contributed by atoms with Crippen molar-refractivity contribution in [2.24, 2.45) is 5.92 Å². The standard InChI is InChI=1S/C16H18F3NO3S/c17-16(18,19)14-4-2-1-3-11(14)9-20(13-5-6-13)15(21)12-7-8-24(22,23)10-12/h1-4,12-13H,5-10H2. The molecule has 4 nitrogen and oxygen atoms in total. The van der Waals surface area contributed by atoms with Gasteiger partial charge in [0, 0.05) is 12.6 Å². The van der Waals surface area contributed by atoms with Gasteiger partial charge in [-0.2, -0.15) is 13.2 Å². The monoisotopic (exact) mass is 361 g/mol. The van der Waals surface area contributed by atoms with Gasteiger partial charge in [-0.1, -0.05) is 18.2 Å². The fourth-order valence-corrected chi connectivity index (χ4v) is 4.85. The van der Waals surface area contributed by atoms with Crippen molar-refractivity contribution in [1.29, 1.82) is 0 Å². The number of alkyl halides is 3. The Labute approximate surface area is 138 Å². The molecular weight excluding hydrogens is 343 g/mol. The van der Waals surface area contributed by atoms with E-state index in [-0.39, 0.29) is 42.0 Å². The molecule has 1 aromatic rings. The van der Waals surface area contributed by atoms with E-state index >= 15 is 0 Å². The van der Waals surface area contributed by atoms with Crippen molar-refractivity contribution in [3.63, 3.8) is 0 Å². The summed E-state index contributed by atoms with van der Waals surface area (Å²) in [6.07, 6.45) is -2.73. The molecule has 1 aliphatic carbocycles. The summed E-state index contributed by atoms with van der Waals surface area (Å²) in [5, 5.41) is 0. The molecule has 1 saturated carbocycles. The lowest BCUT2D eigenvalue weighted by atomic mass is 10.0. The van der Waals surface area contributed by atoms with Crippen molar-refractivity contribution in [1.82, 2.24) is 4.90 Å². The third kappa shape index (κ3) is 3.74. The number of benzene rings is 1. The number of halogens is 3. The van der Waals surface area contributed by atoms with E-state index in [1.165, 1.54) is 23.1 Å². The van der Waals surface area contributed by atoms with Crippen molar-refractivity contribution in [3.05, 3.63) is 35.4 Å². The molecule has 24 heavy (non-hydrogen) atoms. The highest BCUT2D eigenvalue weighted by Gasteiger charge is 2.41. The van der Waals surface area contributed by atoms with Crippen molar-refractivity contribution < 1.29 is 26.4 Å². The molecular formula is C16H18F3NO3S. The molecule has 132 valence electrons. The van der Waals surface area contributed by atoms with Gasteiger partial charge in [-0.05, 0) is 30.9 Å². The molecule has 1 heterocycles. The molecule has 0 aromatic heterocycles. The van der Waals surface area contributed by atoms with E-state index in [0.717, 1.165) is 18.9 Å². The second-order valence-corrected chi connectivity index (χ2v) is 8.68. The highest BCUT2D eigenvalue weighted by Crippen LogP contribution is 2.36. The minimum atomic E-state index is -4.48. The first-order chi connectivity index (χ1) is 11.2. The van der Waals surface area contributed by atoms with Crippen LogP contribution in [0.2, 0.25) is 0 Å². The molecule has 0 bridgehead atoms. The van der Waals surface area contributed by atoms with Gasteiger partial charge < -0.3 is 4.90 Å². The maximum atomic E-state index is 13.1. The van der Waals surface area contributed by atoms with Gasteiger partial charge in [-0.25, -0.2) is 8.42 Å². The van der Waals surface area contributed by atoms with Crippen LogP contribution in [0.15, 0.2) is 24.3 Å². The lowest BCUT2D eigenvalue weighted by Crippen LogP contribution is -2.38. The van der Waals surface area contributed by atoms with E-state index in [9.17, 15) is 26.4 Å². The summed E-state index contributed by atoms with van der Waals surface area (Å²) >= 11 is 0. The van der Waals surface area contributed by atoms with Crippen molar-refractivity contribution in [2.45, 2.75) is 38.0 Å².